The number of piperidine rings is 1. The van der Waals surface area contributed by atoms with E-state index in [9.17, 15) is 4.79 Å². The summed E-state index contributed by atoms with van der Waals surface area (Å²) in [6.07, 6.45) is 3.41. The lowest BCUT2D eigenvalue weighted by molar-refractivity contribution is -0.133. The van der Waals surface area contributed by atoms with Crippen LogP contribution in [0.3, 0.4) is 0 Å². The van der Waals surface area contributed by atoms with E-state index in [1.54, 1.807) is 11.3 Å². The molecule has 23 heavy (non-hydrogen) atoms. The van der Waals surface area contributed by atoms with Crippen molar-refractivity contribution in [2.75, 3.05) is 13.1 Å². The molecular weight excluding hydrogens is 312 g/mol. The Bertz CT molecular complexity index is 652. The van der Waals surface area contributed by atoms with E-state index in [-0.39, 0.29) is 17.9 Å². The van der Waals surface area contributed by atoms with Crippen LogP contribution in [0, 0.1) is 0 Å². The van der Waals surface area contributed by atoms with Crippen LogP contribution in [-0.4, -0.2) is 49.1 Å². The molecule has 1 fully saturated rings. The van der Waals surface area contributed by atoms with Crippen LogP contribution in [-0.2, 0) is 16.8 Å². The average Bonchev–Trinajstić information content (AvgIpc) is 3.18. The van der Waals surface area contributed by atoms with Gasteiger partial charge in [-0.25, -0.2) is 9.67 Å². The van der Waals surface area contributed by atoms with E-state index in [4.69, 9.17) is 4.98 Å². The standard InChI is InChI=1S/C15H22N6OS/c1-15(2,3)12-9-23-14(17-12)11-4-6-20(7-5-11)13(22)8-21-10-16-18-19-21/h9-11H,4-8H2,1-3H3. The molecule has 0 unspecified atom stereocenters. The molecule has 1 aliphatic rings. The predicted molar refractivity (Wildman–Crippen MR) is 87.2 cm³/mol. The second-order valence-electron chi connectivity index (χ2n) is 6.98. The molecular formula is C15H22N6OS. The molecule has 0 aromatic carbocycles. The smallest absolute Gasteiger partial charge is 0.244 e. The van der Waals surface area contributed by atoms with Gasteiger partial charge in [-0.2, -0.15) is 0 Å². The lowest BCUT2D eigenvalue weighted by atomic mass is 9.93. The average molecular weight is 334 g/mol. The van der Waals surface area contributed by atoms with E-state index >= 15 is 0 Å². The first kappa shape index (κ1) is 16.0. The monoisotopic (exact) mass is 334 g/mol. The summed E-state index contributed by atoms with van der Waals surface area (Å²) in [4.78, 5) is 19.0. The maximum Gasteiger partial charge on any atom is 0.244 e. The fourth-order valence-corrected chi connectivity index (χ4v) is 3.90. The van der Waals surface area contributed by atoms with Crippen molar-refractivity contribution in [3.05, 3.63) is 22.4 Å². The van der Waals surface area contributed by atoms with Gasteiger partial charge >= 0.3 is 0 Å². The van der Waals surface area contributed by atoms with Crippen LogP contribution in [0.25, 0.3) is 0 Å². The van der Waals surface area contributed by atoms with Gasteiger partial charge in [-0.15, -0.1) is 16.4 Å². The van der Waals surface area contributed by atoms with Crippen molar-refractivity contribution in [2.24, 2.45) is 0 Å². The van der Waals surface area contributed by atoms with Crippen molar-refractivity contribution >= 4 is 17.2 Å². The van der Waals surface area contributed by atoms with Gasteiger partial charge in [0.05, 0.1) is 10.7 Å². The Hall–Kier alpha value is -1.83. The third kappa shape index (κ3) is 3.74. The minimum atomic E-state index is 0.0743. The zero-order valence-corrected chi connectivity index (χ0v) is 14.6. The second-order valence-corrected chi connectivity index (χ2v) is 7.87. The summed E-state index contributed by atoms with van der Waals surface area (Å²) in [6, 6.07) is 0. The molecule has 0 spiro atoms. The highest BCUT2D eigenvalue weighted by Crippen LogP contribution is 2.33. The lowest BCUT2D eigenvalue weighted by Gasteiger charge is -2.31. The minimum absolute atomic E-state index is 0.0743. The van der Waals surface area contributed by atoms with Crippen LogP contribution >= 0.6 is 11.3 Å². The summed E-state index contributed by atoms with van der Waals surface area (Å²) < 4.78 is 1.46. The topological polar surface area (TPSA) is 76.8 Å². The van der Waals surface area contributed by atoms with Gasteiger partial charge in [0, 0.05) is 29.8 Å². The van der Waals surface area contributed by atoms with Gasteiger partial charge in [-0.1, -0.05) is 20.8 Å². The minimum Gasteiger partial charge on any atom is -0.341 e. The highest BCUT2D eigenvalue weighted by Gasteiger charge is 2.27. The Balaban J connectivity index is 1.56. The number of tetrazole rings is 1. The molecule has 1 aliphatic heterocycles. The van der Waals surface area contributed by atoms with Crippen molar-refractivity contribution in [3.8, 4) is 0 Å². The number of hydrogen-bond acceptors (Lipinski definition) is 6. The molecule has 0 atom stereocenters. The number of aromatic nitrogens is 5. The number of likely N-dealkylation sites (tertiary alicyclic amines) is 1. The van der Waals surface area contributed by atoms with Crippen molar-refractivity contribution in [1.82, 2.24) is 30.1 Å². The summed E-state index contributed by atoms with van der Waals surface area (Å²) in [5.41, 5.74) is 1.26. The van der Waals surface area contributed by atoms with Crippen molar-refractivity contribution in [2.45, 2.75) is 51.5 Å². The van der Waals surface area contributed by atoms with Gasteiger partial charge in [0.15, 0.2) is 0 Å². The van der Waals surface area contributed by atoms with E-state index in [1.807, 2.05) is 4.90 Å². The molecule has 3 heterocycles. The Morgan fingerprint density at radius 1 is 1.35 bits per heavy atom. The van der Waals surface area contributed by atoms with Gasteiger partial charge in [-0.05, 0) is 23.3 Å². The normalized spacial score (nSPS) is 16.7. The van der Waals surface area contributed by atoms with Crippen LogP contribution in [0.15, 0.2) is 11.7 Å². The first-order valence-electron chi connectivity index (χ1n) is 7.88. The van der Waals surface area contributed by atoms with E-state index < -0.39 is 0 Å². The van der Waals surface area contributed by atoms with Gasteiger partial charge in [0.25, 0.3) is 0 Å². The number of hydrogen-bond donors (Lipinski definition) is 0. The third-order valence-electron chi connectivity index (χ3n) is 4.18. The molecule has 0 N–H and O–H groups in total. The Labute approximate surface area is 139 Å². The van der Waals surface area contributed by atoms with Crippen LogP contribution in [0.5, 0.6) is 0 Å². The van der Waals surface area contributed by atoms with Crippen LogP contribution < -0.4 is 0 Å². The van der Waals surface area contributed by atoms with Gasteiger partial charge in [-0.3, -0.25) is 4.79 Å². The van der Waals surface area contributed by atoms with Crippen LogP contribution in [0.2, 0.25) is 0 Å². The summed E-state index contributed by atoms with van der Waals surface area (Å²) in [5, 5.41) is 14.2. The van der Waals surface area contributed by atoms with Crippen molar-refractivity contribution in [3.63, 3.8) is 0 Å². The number of thiazole rings is 1. The molecule has 0 aliphatic carbocycles. The van der Waals surface area contributed by atoms with E-state index in [0.717, 1.165) is 31.6 Å². The number of carbonyl (C=O) groups excluding carboxylic acids is 1. The highest BCUT2D eigenvalue weighted by molar-refractivity contribution is 7.09. The zero-order valence-electron chi connectivity index (χ0n) is 13.8. The molecule has 0 saturated carbocycles. The summed E-state index contributed by atoms with van der Waals surface area (Å²) >= 11 is 1.75. The first-order valence-corrected chi connectivity index (χ1v) is 8.76. The summed E-state index contributed by atoms with van der Waals surface area (Å²) in [5.74, 6) is 0.540. The van der Waals surface area contributed by atoms with Crippen LogP contribution in [0.1, 0.15) is 50.2 Å². The molecule has 7 nitrogen and oxygen atoms in total. The molecule has 0 bridgehead atoms. The number of nitrogens with zero attached hydrogens (tertiary/aromatic N) is 6. The largest absolute Gasteiger partial charge is 0.341 e. The number of rotatable bonds is 3. The SMILES string of the molecule is CC(C)(C)c1csc(C2CCN(C(=O)Cn3cnnn3)CC2)n1. The summed E-state index contributed by atoms with van der Waals surface area (Å²) in [6.45, 7) is 8.32. The first-order chi connectivity index (χ1) is 10.9. The Kier molecular flexibility index (Phi) is 4.43. The third-order valence-corrected chi connectivity index (χ3v) is 5.18. The van der Waals surface area contributed by atoms with E-state index in [0.29, 0.717) is 5.92 Å². The highest BCUT2D eigenvalue weighted by atomic mass is 32.1. The van der Waals surface area contributed by atoms with Crippen molar-refractivity contribution < 1.29 is 4.79 Å². The van der Waals surface area contributed by atoms with Gasteiger partial charge in [0.1, 0.15) is 12.9 Å². The molecule has 2 aromatic rings. The maximum atomic E-state index is 12.2. The van der Waals surface area contributed by atoms with Crippen molar-refractivity contribution in [1.29, 1.82) is 0 Å². The molecule has 8 heteroatoms. The second kappa shape index (κ2) is 6.35. The van der Waals surface area contributed by atoms with Gasteiger partial charge < -0.3 is 4.90 Å². The van der Waals surface area contributed by atoms with E-state index in [2.05, 4.69) is 41.7 Å². The molecule has 1 amide bonds. The maximum absolute atomic E-state index is 12.2. The number of carbonyl (C=O) groups is 1. The molecule has 124 valence electrons. The van der Waals surface area contributed by atoms with E-state index in [1.165, 1.54) is 16.0 Å². The molecule has 2 aromatic heterocycles. The summed E-state index contributed by atoms with van der Waals surface area (Å²) in [7, 11) is 0. The lowest BCUT2D eigenvalue weighted by Crippen LogP contribution is -2.39. The Morgan fingerprint density at radius 2 is 2.09 bits per heavy atom. The Morgan fingerprint density at radius 3 is 2.65 bits per heavy atom. The molecule has 0 radical (unpaired) electrons. The quantitative estimate of drug-likeness (QED) is 0.856. The fraction of sp³-hybridized carbons (Fsp3) is 0.667. The number of amides is 1. The van der Waals surface area contributed by atoms with Gasteiger partial charge in [0.2, 0.25) is 5.91 Å². The zero-order chi connectivity index (χ0) is 16.4. The molecule has 1 saturated heterocycles. The predicted octanol–water partition coefficient (Wildman–Crippen LogP) is 1.83. The fourth-order valence-electron chi connectivity index (χ4n) is 2.69. The van der Waals surface area contributed by atoms with Crippen LogP contribution in [0.4, 0.5) is 0 Å². The molecule has 3 rings (SSSR count).